The first-order valence-corrected chi connectivity index (χ1v) is 7.37. The van der Waals surface area contributed by atoms with Gasteiger partial charge in [-0.15, -0.1) is 0 Å². The van der Waals surface area contributed by atoms with E-state index in [4.69, 9.17) is 9.47 Å². The summed E-state index contributed by atoms with van der Waals surface area (Å²) in [5.74, 6) is -0.0395. The molecular weight excluding hydrogens is 308 g/mol. The van der Waals surface area contributed by atoms with Crippen molar-refractivity contribution in [2.75, 3.05) is 7.11 Å². The molecule has 0 aliphatic rings. The first-order chi connectivity index (χ1) is 11.6. The van der Waals surface area contributed by atoms with Gasteiger partial charge in [0.15, 0.2) is 11.5 Å². The maximum atomic E-state index is 12.2. The quantitative estimate of drug-likeness (QED) is 0.533. The van der Waals surface area contributed by atoms with E-state index in [1.165, 1.54) is 14.0 Å². The zero-order valence-electron chi connectivity index (χ0n) is 13.4. The lowest BCUT2D eigenvalue weighted by Gasteiger charge is -2.10. The molecule has 2 heterocycles. The predicted octanol–water partition coefficient (Wildman–Crippen LogP) is 2.90. The fraction of sp³-hybridized carbons (Fsp3) is 0.167. The van der Waals surface area contributed by atoms with Crippen LogP contribution in [-0.2, 0) is 11.3 Å². The summed E-state index contributed by atoms with van der Waals surface area (Å²) < 4.78 is 12.3. The lowest BCUT2D eigenvalue weighted by molar-refractivity contribution is 0.0464. The number of methoxy groups -OCH3 is 1. The second kappa shape index (κ2) is 6.54. The average molecular weight is 324 g/mol. The van der Waals surface area contributed by atoms with E-state index in [0.29, 0.717) is 22.5 Å². The topological polar surface area (TPSA) is 69.9 Å². The maximum Gasteiger partial charge on any atom is 0.358 e. The van der Waals surface area contributed by atoms with Crippen molar-refractivity contribution in [3.63, 3.8) is 0 Å². The van der Waals surface area contributed by atoms with Crippen LogP contribution in [0.25, 0.3) is 5.65 Å². The number of carbonyl (C=O) groups excluding carboxylic acids is 2. The van der Waals surface area contributed by atoms with Crippen LogP contribution in [0.4, 0.5) is 0 Å². The van der Waals surface area contributed by atoms with Crippen molar-refractivity contribution in [3.8, 4) is 5.75 Å². The molecular formula is C18H16N2O4. The molecule has 0 fully saturated rings. The van der Waals surface area contributed by atoms with Crippen molar-refractivity contribution >= 4 is 17.4 Å². The van der Waals surface area contributed by atoms with Gasteiger partial charge in [0.05, 0.1) is 7.11 Å². The summed E-state index contributed by atoms with van der Waals surface area (Å²) in [6, 6.07) is 10.5. The third kappa shape index (κ3) is 3.12. The number of hydrogen-bond donors (Lipinski definition) is 0. The SMILES string of the molecule is COc1ccc(C(C)=O)cc1COC(=O)c1cn2ccccc2n1. The van der Waals surface area contributed by atoms with E-state index in [2.05, 4.69) is 4.98 Å². The van der Waals surface area contributed by atoms with Gasteiger partial charge in [0.2, 0.25) is 0 Å². The van der Waals surface area contributed by atoms with Crippen molar-refractivity contribution in [1.29, 1.82) is 0 Å². The summed E-state index contributed by atoms with van der Waals surface area (Å²) in [6.45, 7) is 1.48. The van der Waals surface area contributed by atoms with Crippen LogP contribution in [0.2, 0.25) is 0 Å². The smallest absolute Gasteiger partial charge is 0.358 e. The van der Waals surface area contributed by atoms with E-state index in [1.807, 2.05) is 12.1 Å². The number of ether oxygens (including phenoxy) is 2. The predicted molar refractivity (Wildman–Crippen MR) is 87.3 cm³/mol. The van der Waals surface area contributed by atoms with E-state index in [1.54, 1.807) is 41.1 Å². The second-order valence-electron chi connectivity index (χ2n) is 5.25. The highest BCUT2D eigenvalue weighted by Gasteiger charge is 2.14. The summed E-state index contributed by atoms with van der Waals surface area (Å²) in [5.41, 5.74) is 2.06. The Morgan fingerprint density at radius 3 is 2.75 bits per heavy atom. The van der Waals surface area contributed by atoms with E-state index in [0.717, 1.165) is 0 Å². The molecule has 0 atom stereocenters. The molecule has 0 spiro atoms. The number of imidazole rings is 1. The van der Waals surface area contributed by atoms with E-state index >= 15 is 0 Å². The Hall–Kier alpha value is -3.15. The fourth-order valence-corrected chi connectivity index (χ4v) is 2.36. The first-order valence-electron chi connectivity index (χ1n) is 7.37. The number of rotatable bonds is 5. The van der Waals surface area contributed by atoms with Gasteiger partial charge in [-0.1, -0.05) is 6.07 Å². The minimum atomic E-state index is -0.533. The lowest BCUT2D eigenvalue weighted by Crippen LogP contribution is -2.07. The van der Waals surface area contributed by atoms with Crippen LogP contribution >= 0.6 is 0 Å². The summed E-state index contributed by atoms with van der Waals surface area (Å²) in [4.78, 5) is 27.9. The van der Waals surface area contributed by atoms with Gasteiger partial charge >= 0.3 is 5.97 Å². The standard InChI is InChI=1S/C18H16N2O4/c1-12(21)13-6-7-16(23-2)14(9-13)11-24-18(22)15-10-20-8-4-3-5-17(20)19-15/h3-10H,11H2,1-2H3. The molecule has 2 aromatic heterocycles. The van der Waals surface area contributed by atoms with Crippen LogP contribution in [0.5, 0.6) is 5.75 Å². The molecule has 0 aliphatic heterocycles. The first kappa shape index (κ1) is 15.7. The largest absolute Gasteiger partial charge is 0.496 e. The van der Waals surface area contributed by atoms with Crippen LogP contribution in [0, 0.1) is 0 Å². The van der Waals surface area contributed by atoms with Crippen molar-refractivity contribution in [2.45, 2.75) is 13.5 Å². The minimum Gasteiger partial charge on any atom is -0.496 e. The van der Waals surface area contributed by atoms with Crippen LogP contribution in [0.3, 0.4) is 0 Å². The molecule has 0 N–H and O–H groups in total. The van der Waals surface area contributed by atoms with Crippen LogP contribution in [-0.4, -0.2) is 28.2 Å². The lowest BCUT2D eigenvalue weighted by atomic mass is 10.1. The molecule has 6 heteroatoms. The number of fused-ring (bicyclic) bond motifs is 1. The molecule has 0 saturated carbocycles. The number of benzene rings is 1. The number of Topliss-reactive ketones (excluding diaryl/α,β-unsaturated/α-hetero) is 1. The second-order valence-corrected chi connectivity index (χ2v) is 5.25. The van der Waals surface area contributed by atoms with Gasteiger partial charge in [0.1, 0.15) is 18.0 Å². The van der Waals surface area contributed by atoms with Gasteiger partial charge < -0.3 is 13.9 Å². The van der Waals surface area contributed by atoms with Crippen molar-refractivity contribution in [3.05, 3.63) is 65.6 Å². The Labute approximate surface area is 138 Å². The van der Waals surface area contributed by atoms with E-state index in [9.17, 15) is 9.59 Å². The Morgan fingerprint density at radius 2 is 2.04 bits per heavy atom. The number of esters is 1. The monoisotopic (exact) mass is 324 g/mol. The Balaban J connectivity index is 1.78. The number of carbonyl (C=O) groups is 2. The van der Waals surface area contributed by atoms with Crippen LogP contribution < -0.4 is 4.74 Å². The van der Waals surface area contributed by atoms with E-state index < -0.39 is 5.97 Å². The summed E-state index contributed by atoms with van der Waals surface area (Å²) in [5, 5.41) is 0. The number of ketones is 1. The van der Waals surface area contributed by atoms with Crippen molar-refractivity contribution < 1.29 is 19.1 Å². The molecule has 6 nitrogen and oxygen atoms in total. The van der Waals surface area contributed by atoms with Gasteiger partial charge in [-0.05, 0) is 37.3 Å². The van der Waals surface area contributed by atoms with Gasteiger partial charge in [-0.2, -0.15) is 0 Å². The normalized spacial score (nSPS) is 10.6. The molecule has 1 aromatic carbocycles. The number of aromatic nitrogens is 2. The summed E-state index contributed by atoms with van der Waals surface area (Å²) >= 11 is 0. The third-order valence-corrected chi connectivity index (χ3v) is 3.62. The van der Waals surface area contributed by atoms with Gasteiger partial charge in [0.25, 0.3) is 0 Å². The molecule has 24 heavy (non-hydrogen) atoms. The van der Waals surface area contributed by atoms with Gasteiger partial charge in [-0.25, -0.2) is 9.78 Å². The molecule has 3 aromatic rings. The molecule has 0 radical (unpaired) electrons. The number of hydrogen-bond acceptors (Lipinski definition) is 5. The highest BCUT2D eigenvalue weighted by Crippen LogP contribution is 2.21. The van der Waals surface area contributed by atoms with Gasteiger partial charge in [0, 0.05) is 23.5 Å². The van der Waals surface area contributed by atoms with Crippen molar-refractivity contribution in [1.82, 2.24) is 9.38 Å². The summed E-state index contributed by atoms with van der Waals surface area (Å²) in [6.07, 6.45) is 3.42. The minimum absolute atomic E-state index is 0.00298. The molecule has 122 valence electrons. The molecule has 0 unspecified atom stereocenters. The molecule has 0 bridgehead atoms. The highest BCUT2D eigenvalue weighted by molar-refractivity contribution is 5.94. The van der Waals surface area contributed by atoms with E-state index in [-0.39, 0.29) is 18.1 Å². The van der Waals surface area contributed by atoms with Crippen LogP contribution in [0.15, 0.2) is 48.8 Å². The van der Waals surface area contributed by atoms with Crippen LogP contribution in [0.1, 0.15) is 33.3 Å². The van der Waals surface area contributed by atoms with Gasteiger partial charge in [-0.3, -0.25) is 4.79 Å². The molecule has 3 rings (SSSR count). The molecule has 0 saturated heterocycles. The average Bonchev–Trinajstić information content (AvgIpc) is 3.03. The number of pyridine rings is 1. The maximum absolute atomic E-state index is 12.2. The van der Waals surface area contributed by atoms with Crippen molar-refractivity contribution in [2.24, 2.45) is 0 Å². The summed E-state index contributed by atoms with van der Waals surface area (Å²) in [7, 11) is 1.52. The Bertz CT molecular complexity index is 881. The zero-order valence-corrected chi connectivity index (χ0v) is 13.4. The fourth-order valence-electron chi connectivity index (χ4n) is 2.36. The Morgan fingerprint density at radius 1 is 1.21 bits per heavy atom. The molecule has 0 aliphatic carbocycles. The number of nitrogens with zero attached hydrogens (tertiary/aromatic N) is 2. The Kier molecular flexibility index (Phi) is 4.29. The zero-order chi connectivity index (χ0) is 17.1. The third-order valence-electron chi connectivity index (χ3n) is 3.62. The molecule has 0 amide bonds. The highest BCUT2D eigenvalue weighted by atomic mass is 16.5.